The Morgan fingerprint density at radius 1 is 1.40 bits per heavy atom. The molecular weight excluding hydrogens is 256 g/mol. The molecule has 6 heteroatoms. The molecule has 1 aromatic rings. The van der Waals surface area contributed by atoms with Gasteiger partial charge in [-0.25, -0.2) is 0 Å². The summed E-state index contributed by atoms with van der Waals surface area (Å²) in [5.74, 6) is -0.435. The van der Waals surface area contributed by atoms with E-state index >= 15 is 0 Å². The average Bonchev–Trinajstić information content (AvgIpc) is 3.26. The van der Waals surface area contributed by atoms with Crippen LogP contribution in [0.3, 0.4) is 0 Å². The van der Waals surface area contributed by atoms with E-state index in [4.69, 9.17) is 0 Å². The molecule has 1 aliphatic carbocycles. The quantitative estimate of drug-likeness (QED) is 0.691. The zero-order valence-corrected chi connectivity index (χ0v) is 11.6. The molecule has 0 bridgehead atoms. The molecule has 2 amide bonds. The van der Waals surface area contributed by atoms with Crippen molar-refractivity contribution < 1.29 is 9.59 Å². The van der Waals surface area contributed by atoms with Crippen LogP contribution in [0.5, 0.6) is 0 Å². The highest BCUT2D eigenvalue weighted by Gasteiger charge is 2.23. The van der Waals surface area contributed by atoms with E-state index in [1.165, 1.54) is 6.20 Å². The first-order valence-corrected chi connectivity index (χ1v) is 6.96. The molecule has 0 atom stereocenters. The number of anilines is 1. The Morgan fingerprint density at radius 2 is 2.20 bits per heavy atom. The van der Waals surface area contributed by atoms with Gasteiger partial charge in [-0.1, -0.05) is 6.92 Å². The lowest BCUT2D eigenvalue weighted by molar-refractivity contribution is -0.120. The molecule has 20 heavy (non-hydrogen) atoms. The van der Waals surface area contributed by atoms with Gasteiger partial charge in [-0.05, 0) is 25.3 Å². The van der Waals surface area contributed by atoms with Crippen molar-refractivity contribution in [3.05, 3.63) is 24.0 Å². The van der Waals surface area contributed by atoms with Crippen molar-refractivity contribution in [2.45, 2.75) is 32.2 Å². The van der Waals surface area contributed by atoms with Gasteiger partial charge in [0, 0.05) is 25.0 Å². The number of amides is 2. The number of hydrogen-bond acceptors (Lipinski definition) is 4. The van der Waals surface area contributed by atoms with Crippen molar-refractivity contribution in [3.8, 4) is 0 Å². The number of carbonyl (C=O) groups is 2. The summed E-state index contributed by atoms with van der Waals surface area (Å²) in [4.78, 5) is 27.6. The summed E-state index contributed by atoms with van der Waals surface area (Å²) in [7, 11) is 0. The Balaban J connectivity index is 1.88. The summed E-state index contributed by atoms with van der Waals surface area (Å²) >= 11 is 0. The second kappa shape index (κ2) is 6.88. The van der Waals surface area contributed by atoms with Crippen molar-refractivity contribution in [2.24, 2.45) is 0 Å². The van der Waals surface area contributed by atoms with Gasteiger partial charge in [0.1, 0.15) is 0 Å². The number of rotatable bonds is 7. The van der Waals surface area contributed by atoms with Crippen molar-refractivity contribution in [3.63, 3.8) is 0 Å². The maximum Gasteiger partial charge on any atom is 0.255 e. The molecule has 0 aliphatic heterocycles. The van der Waals surface area contributed by atoms with Gasteiger partial charge in [0.15, 0.2) is 0 Å². The van der Waals surface area contributed by atoms with Crippen LogP contribution in [0.1, 0.15) is 36.5 Å². The van der Waals surface area contributed by atoms with E-state index < -0.39 is 0 Å². The van der Waals surface area contributed by atoms with E-state index in [-0.39, 0.29) is 18.4 Å². The molecule has 0 radical (unpaired) electrons. The molecule has 1 heterocycles. The predicted octanol–water partition coefficient (Wildman–Crippen LogP) is 0.912. The summed E-state index contributed by atoms with van der Waals surface area (Å²) in [6.45, 7) is 2.83. The molecule has 2 rings (SSSR count). The summed E-state index contributed by atoms with van der Waals surface area (Å²) < 4.78 is 0. The number of nitrogens with zero attached hydrogens (tertiary/aromatic N) is 1. The monoisotopic (exact) mass is 276 g/mol. The Morgan fingerprint density at radius 3 is 2.90 bits per heavy atom. The maximum atomic E-state index is 12.1. The summed E-state index contributed by atoms with van der Waals surface area (Å²) in [6, 6.07) is 2.06. The van der Waals surface area contributed by atoms with Crippen LogP contribution in [-0.4, -0.2) is 35.9 Å². The number of hydrogen-bond donors (Lipinski definition) is 3. The molecule has 0 saturated heterocycles. The first-order valence-electron chi connectivity index (χ1n) is 6.96. The molecular formula is C14H20N4O2. The van der Waals surface area contributed by atoms with Crippen LogP contribution in [0.2, 0.25) is 0 Å². The van der Waals surface area contributed by atoms with Crippen LogP contribution in [0, 0.1) is 0 Å². The normalized spacial score (nSPS) is 13.7. The van der Waals surface area contributed by atoms with Crippen molar-refractivity contribution in [2.75, 3.05) is 18.4 Å². The Kier molecular flexibility index (Phi) is 4.92. The highest BCUT2D eigenvalue weighted by atomic mass is 16.2. The number of carbonyl (C=O) groups excluding carboxylic acids is 2. The van der Waals surface area contributed by atoms with Crippen LogP contribution in [0.15, 0.2) is 18.5 Å². The SMILES string of the molecule is CCCNc1ccncc1C(=O)NCC(=O)NC1CC1. The Bertz CT molecular complexity index is 486. The molecule has 3 N–H and O–H groups in total. The average molecular weight is 276 g/mol. The zero-order chi connectivity index (χ0) is 14.4. The topological polar surface area (TPSA) is 83.1 Å². The highest BCUT2D eigenvalue weighted by molar-refractivity contribution is 6.00. The van der Waals surface area contributed by atoms with E-state index in [2.05, 4.69) is 27.9 Å². The van der Waals surface area contributed by atoms with Gasteiger partial charge in [-0.2, -0.15) is 0 Å². The molecule has 0 unspecified atom stereocenters. The lowest BCUT2D eigenvalue weighted by Crippen LogP contribution is -2.38. The summed E-state index contributed by atoms with van der Waals surface area (Å²) in [5, 5.41) is 8.61. The second-order valence-electron chi connectivity index (χ2n) is 4.87. The van der Waals surface area contributed by atoms with Gasteiger partial charge < -0.3 is 16.0 Å². The Hall–Kier alpha value is -2.11. The zero-order valence-electron chi connectivity index (χ0n) is 11.6. The fourth-order valence-corrected chi connectivity index (χ4v) is 1.75. The molecule has 1 saturated carbocycles. The first-order chi connectivity index (χ1) is 9.70. The van der Waals surface area contributed by atoms with Crippen LogP contribution in [0.4, 0.5) is 5.69 Å². The van der Waals surface area contributed by atoms with Gasteiger partial charge in [-0.3, -0.25) is 14.6 Å². The van der Waals surface area contributed by atoms with Crippen LogP contribution in [-0.2, 0) is 4.79 Å². The third-order valence-electron chi connectivity index (χ3n) is 2.98. The fraction of sp³-hybridized carbons (Fsp3) is 0.500. The largest absolute Gasteiger partial charge is 0.384 e. The molecule has 6 nitrogen and oxygen atoms in total. The number of pyridine rings is 1. The molecule has 1 fully saturated rings. The van der Waals surface area contributed by atoms with Crippen LogP contribution < -0.4 is 16.0 Å². The van der Waals surface area contributed by atoms with Gasteiger partial charge in [0.2, 0.25) is 5.91 Å². The molecule has 1 aromatic heterocycles. The van der Waals surface area contributed by atoms with Crippen molar-refractivity contribution in [1.29, 1.82) is 0 Å². The minimum Gasteiger partial charge on any atom is -0.384 e. The fourth-order valence-electron chi connectivity index (χ4n) is 1.75. The highest BCUT2D eigenvalue weighted by Crippen LogP contribution is 2.18. The third kappa shape index (κ3) is 4.22. The van der Waals surface area contributed by atoms with Crippen LogP contribution >= 0.6 is 0 Å². The van der Waals surface area contributed by atoms with Gasteiger partial charge >= 0.3 is 0 Å². The standard InChI is InChI=1S/C14H20N4O2/c1-2-6-16-12-5-7-15-8-11(12)14(20)17-9-13(19)18-10-3-4-10/h5,7-8,10H,2-4,6,9H2,1H3,(H,15,16)(H,17,20)(H,18,19). The van der Waals surface area contributed by atoms with Gasteiger partial charge in [-0.15, -0.1) is 0 Å². The van der Waals surface area contributed by atoms with Crippen LogP contribution in [0.25, 0.3) is 0 Å². The number of nitrogens with one attached hydrogen (secondary N) is 3. The van der Waals surface area contributed by atoms with Crippen molar-refractivity contribution in [1.82, 2.24) is 15.6 Å². The van der Waals surface area contributed by atoms with Gasteiger partial charge in [0.25, 0.3) is 5.91 Å². The molecule has 108 valence electrons. The lowest BCUT2D eigenvalue weighted by atomic mass is 10.2. The predicted molar refractivity (Wildman–Crippen MR) is 76.5 cm³/mol. The number of aromatic nitrogens is 1. The summed E-state index contributed by atoms with van der Waals surface area (Å²) in [5.41, 5.74) is 1.20. The Labute approximate surface area is 118 Å². The summed E-state index contributed by atoms with van der Waals surface area (Å²) in [6.07, 6.45) is 6.18. The minimum absolute atomic E-state index is 0.00253. The van der Waals surface area contributed by atoms with Gasteiger partial charge in [0.05, 0.1) is 17.8 Å². The molecule has 0 aromatic carbocycles. The van der Waals surface area contributed by atoms with E-state index in [0.717, 1.165) is 31.5 Å². The first kappa shape index (κ1) is 14.3. The maximum absolute atomic E-state index is 12.1. The second-order valence-corrected chi connectivity index (χ2v) is 4.87. The van der Waals surface area contributed by atoms with E-state index in [9.17, 15) is 9.59 Å². The molecule has 1 aliphatic rings. The smallest absolute Gasteiger partial charge is 0.255 e. The molecule has 0 spiro atoms. The van der Waals surface area contributed by atoms with E-state index in [1.54, 1.807) is 12.3 Å². The van der Waals surface area contributed by atoms with E-state index in [0.29, 0.717) is 11.6 Å². The van der Waals surface area contributed by atoms with E-state index in [1.807, 2.05) is 0 Å². The minimum atomic E-state index is -0.289. The van der Waals surface area contributed by atoms with Crippen molar-refractivity contribution >= 4 is 17.5 Å². The lowest BCUT2D eigenvalue weighted by Gasteiger charge is -2.11. The third-order valence-corrected chi connectivity index (χ3v) is 2.98.